The number of aromatic nitrogens is 3. The van der Waals surface area contributed by atoms with Gasteiger partial charge in [-0.05, 0) is 29.9 Å². The van der Waals surface area contributed by atoms with Crippen molar-refractivity contribution in [3.8, 4) is 0 Å². The van der Waals surface area contributed by atoms with Crippen molar-refractivity contribution in [3.05, 3.63) is 48.0 Å². The second-order valence-electron chi connectivity index (χ2n) is 6.06. The molecular formula is C17H23N5O2. The van der Waals surface area contributed by atoms with E-state index in [2.05, 4.69) is 15.4 Å². The molecule has 0 spiro atoms. The van der Waals surface area contributed by atoms with Crippen LogP contribution in [-0.2, 0) is 22.6 Å². The minimum atomic E-state index is -0.476. The van der Waals surface area contributed by atoms with E-state index in [0.29, 0.717) is 26.3 Å². The van der Waals surface area contributed by atoms with E-state index in [1.165, 1.54) is 6.33 Å². The maximum Gasteiger partial charge on any atom is 0.237 e. The quantitative estimate of drug-likeness (QED) is 0.813. The predicted octanol–water partition coefficient (Wildman–Crippen LogP) is 0.696. The average Bonchev–Trinajstić information content (AvgIpc) is 3.14. The van der Waals surface area contributed by atoms with E-state index < -0.39 is 6.04 Å². The summed E-state index contributed by atoms with van der Waals surface area (Å²) in [5.74, 6) is 0.0987. The van der Waals surface area contributed by atoms with E-state index in [0.717, 1.165) is 24.0 Å². The highest BCUT2D eigenvalue weighted by Crippen LogP contribution is 2.18. The molecule has 1 aromatic heterocycles. The van der Waals surface area contributed by atoms with E-state index in [4.69, 9.17) is 10.5 Å². The lowest BCUT2D eigenvalue weighted by molar-refractivity contribution is -0.124. The van der Waals surface area contributed by atoms with Crippen molar-refractivity contribution in [1.29, 1.82) is 0 Å². The number of benzene rings is 1. The molecule has 0 aliphatic carbocycles. The van der Waals surface area contributed by atoms with Gasteiger partial charge in [-0.1, -0.05) is 24.3 Å². The van der Waals surface area contributed by atoms with Crippen LogP contribution in [0.25, 0.3) is 0 Å². The lowest BCUT2D eigenvalue weighted by Crippen LogP contribution is -2.46. The Morgan fingerprint density at radius 3 is 2.79 bits per heavy atom. The standard InChI is InChI=1S/C17H23N5O2/c18-16(13-5-7-24-8-6-13)17(23)20-9-14-3-1-2-4-15(14)10-22-12-19-11-21-22/h1-4,11-13,16H,5-10,18H2,(H,20,23). The van der Waals surface area contributed by atoms with E-state index in [9.17, 15) is 4.79 Å². The first-order valence-corrected chi connectivity index (χ1v) is 8.24. The zero-order chi connectivity index (χ0) is 16.8. The molecule has 7 nitrogen and oxygen atoms in total. The van der Waals surface area contributed by atoms with Gasteiger partial charge in [-0.15, -0.1) is 0 Å². The van der Waals surface area contributed by atoms with Gasteiger partial charge in [0.15, 0.2) is 0 Å². The Morgan fingerprint density at radius 2 is 2.08 bits per heavy atom. The van der Waals surface area contributed by atoms with Gasteiger partial charge in [-0.3, -0.25) is 4.79 Å². The highest BCUT2D eigenvalue weighted by atomic mass is 16.5. The molecule has 3 rings (SSSR count). The van der Waals surface area contributed by atoms with Gasteiger partial charge in [0.25, 0.3) is 0 Å². The summed E-state index contributed by atoms with van der Waals surface area (Å²) in [5, 5.41) is 7.09. The van der Waals surface area contributed by atoms with Crippen molar-refractivity contribution in [1.82, 2.24) is 20.1 Å². The molecule has 1 aliphatic rings. The fraction of sp³-hybridized carbons (Fsp3) is 0.471. The molecule has 2 aromatic rings. The molecule has 1 unspecified atom stereocenters. The summed E-state index contributed by atoms with van der Waals surface area (Å²) in [6.45, 7) is 2.46. The molecule has 2 heterocycles. The Bertz CT molecular complexity index is 653. The van der Waals surface area contributed by atoms with Crippen LogP contribution >= 0.6 is 0 Å². The molecule has 0 bridgehead atoms. The second kappa shape index (κ2) is 8.03. The minimum absolute atomic E-state index is 0.0996. The molecule has 3 N–H and O–H groups in total. The Balaban J connectivity index is 1.58. The van der Waals surface area contributed by atoms with Gasteiger partial charge >= 0.3 is 0 Å². The fourth-order valence-electron chi connectivity index (χ4n) is 2.96. The van der Waals surface area contributed by atoms with Crippen LogP contribution in [0.2, 0.25) is 0 Å². The summed E-state index contributed by atoms with van der Waals surface area (Å²) in [6, 6.07) is 7.50. The summed E-state index contributed by atoms with van der Waals surface area (Å²) < 4.78 is 7.08. The highest BCUT2D eigenvalue weighted by molar-refractivity contribution is 5.81. The van der Waals surface area contributed by atoms with Crippen molar-refractivity contribution in [2.75, 3.05) is 13.2 Å². The molecular weight excluding hydrogens is 306 g/mol. The van der Waals surface area contributed by atoms with Crippen molar-refractivity contribution in [2.45, 2.75) is 32.0 Å². The third-order valence-electron chi connectivity index (χ3n) is 4.45. The smallest absolute Gasteiger partial charge is 0.237 e. The minimum Gasteiger partial charge on any atom is -0.381 e. The summed E-state index contributed by atoms with van der Waals surface area (Å²) in [7, 11) is 0. The van der Waals surface area contributed by atoms with Gasteiger partial charge in [-0.25, -0.2) is 9.67 Å². The number of nitrogens with two attached hydrogens (primary N) is 1. The third kappa shape index (κ3) is 4.18. The molecule has 1 aromatic carbocycles. The normalized spacial score (nSPS) is 16.7. The monoisotopic (exact) mass is 329 g/mol. The lowest BCUT2D eigenvalue weighted by atomic mass is 9.92. The van der Waals surface area contributed by atoms with Crippen LogP contribution in [0.3, 0.4) is 0 Å². The average molecular weight is 329 g/mol. The summed E-state index contributed by atoms with van der Waals surface area (Å²) in [5.41, 5.74) is 8.27. The summed E-state index contributed by atoms with van der Waals surface area (Å²) in [4.78, 5) is 16.3. The van der Waals surface area contributed by atoms with Gasteiger partial charge in [0.2, 0.25) is 5.91 Å². The zero-order valence-electron chi connectivity index (χ0n) is 13.6. The van der Waals surface area contributed by atoms with Crippen LogP contribution in [-0.4, -0.2) is 39.9 Å². The Kier molecular flexibility index (Phi) is 5.55. The lowest BCUT2D eigenvalue weighted by Gasteiger charge is -2.26. The van der Waals surface area contributed by atoms with Gasteiger partial charge < -0.3 is 15.8 Å². The maximum atomic E-state index is 12.3. The maximum absolute atomic E-state index is 12.3. The molecule has 0 saturated carbocycles. The first-order valence-electron chi connectivity index (χ1n) is 8.24. The molecule has 1 aliphatic heterocycles. The Morgan fingerprint density at radius 1 is 1.33 bits per heavy atom. The molecule has 7 heteroatoms. The number of ether oxygens (including phenoxy) is 1. The zero-order valence-corrected chi connectivity index (χ0v) is 13.6. The number of nitrogens with zero attached hydrogens (tertiary/aromatic N) is 3. The Labute approximate surface area is 141 Å². The number of carbonyl (C=O) groups is 1. The number of nitrogens with one attached hydrogen (secondary N) is 1. The van der Waals surface area contributed by atoms with Gasteiger partial charge in [0, 0.05) is 19.8 Å². The summed E-state index contributed by atoms with van der Waals surface area (Å²) >= 11 is 0. The number of rotatable bonds is 6. The molecule has 1 amide bonds. The van der Waals surface area contributed by atoms with Crippen molar-refractivity contribution < 1.29 is 9.53 Å². The number of amides is 1. The Hall–Kier alpha value is -2.25. The van der Waals surface area contributed by atoms with Crippen LogP contribution in [0.5, 0.6) is 0 Å². The van der Waals surface area contributed by atoms with Gasteiger partial charge in [-0.2, -0.15) is 5.10 Å². The highest BCUT2D eigenvalue weighted by Gasteiger charge is 2.26. The van der Waals surface area contributed by atoms with Gasteiger partial charge in [0.1, 0.15) is 12.7 Å². The number of hydrogen-bond acceptors (Lipinski definition) is 5. The topological polar surface area (TPSA) is 95.1 Å². The van der Waals surface area contributed by atoms with E-state index in [1.807, 2.05) is 24.3 Å². The van der Waals surface area contributed by atoms with Gasteiger partial charge in [0.05, 0.1) is 12.6 Å². The van der Waals surface area contributed by atoms with E-state index >= 15 is 0 Å². The van der Waals surface area contributed by atoms with Crippen molar-refractivity contribution >= 4 is 5.91 Å². The first kappa shape index (κ1) is 16.6. The SMILES string of the molecule is NC(C(=O)NCc1ccccc1Cn1cncn1)C1CCOCC1. The summed E-state index contributed by atoms with van der Waals surface area (Å²) in [6.07, 6.45) is 4.88. The van der Waals surface area contributed by atoms with Crippen molar-refractivity contribution in [2.24, 2.45) is 11.7 Å². The molecule has 24 heavy (non-hydrogen) atoms. The number of carbonyl (C=O) groups excluding carboxylic acids is 1. The second-order valence-corrected chi connectivity index (χ2v) is 6.06. The molecule has 128 valence electrons. The fourth-order valence-corrected chi connectivity index (χ4v) is 2.96. The predicted molar refractivity (Wildman–Crippen MR) is 88.9 cm³/mol. The van der Waals surface area contributed by atoms with Crippen LogP contribution < -0.4 is 11.1 Å². The van der Waals surface area contributed by atoms with Crippen molar-refractivity contribution in [3.63, 3.8) is 0 Å². The molecule has 1 atom stereocenters. The molecule has 0 radical (unpaired) electrons. The van der Waals surface area contributed by atoms with Crippen LogP contribution in [0.1, 0.15) is 24.0 Å². The van der Waals surface area contributed by atoms with Crippen LogP contribution in [0.4, 0.5) is 0 Å². The molecule has 1 saturated heterocycles. The van der Waals surface area contributed by atoms with E-state index in [-0.39, 0.29) is 11.8 Å². The van der Waals surface area contributed by atoms with Crippen LogP contribution in [0, 0.1) is 5.92 Å². The number of hydrogen-bond donors (Lipinski definition) is 2. The first-order chi connectivity index (χ1) is 11.7. The third-order valence-corrected chi connectivity index (χ3v) is 4.45. The molecule has 1 fully saturated rings. The largest absolute Gasteiger partial charge is 0.381 e. The van der Waals surface area contributed by atoms with E-state index in [1.54, 1.807) is 11.0 Å². The van der Waals surface area contributed by atoms with Crippen LogP contribution in [0.15, 0.2) is 36.9 Å².